The van der Waals surface area contributed by atoms with Gasteiger partial charge in [-0.05, 0) is 25.0 Å². The third-order valence-electron chi connectivity index (χ3n) is 3.42. The summed E-state index contributed by atoms with van der Waals surface area (Å²) >= 11 is 0. The Hall–Kier alpha value is -2.03. The minimum atomic E-state index is -0.772. The third kappa shape index (κ3) is 6.77. The van der Waals surface area contributed by atoms with Crippen LogP contribution in [0, 0.1) is 0 Å². The standard InChI is InChI=1S/C16H23N3O5.ClH/c1-22-8-12(17)16(21)19-11-5-6-13(23-2)14(7-11)24-9-15(20)18-10-3-4-10;/h5-7,10,12H,3-4,8-9,17H2,1-2H3,(H,18,20)(H,19,21);1H. The predicted molar refractivity (Wildman–Crippen MR) is 95.4 cm³/mol. The van der Waals surface area contributed by atoms with Crippen LogP contribution in [0.15, 0.2) is 18.2 Å². The van der Waals surface area contributed by atoms with Crippen LogP contribution >= 0.6 is 12.4 Å². The first kappa shape index (κ1) is 21.0. The average Bonchev–Trinajstić information content (AvgIpc) is 3.37. The van der Waals surface area contributed by atoms with E-state index in [2.05, 4.69) is 10.6 Å². The van der Waals surface area contributed by atoms with Crippen LogP contribution in [0.2, 0.25) is 0 Å². The molecule has 1 atom stereocenters. The Kier molecular flexibility index (Phi) is 8.47. The van der Waals surface area contributed by atoms with Crippen LogP contribution in [0.1, 0.15) is 12.8 Å². The molecular formula is C16H24ClN3O5. The number of carbonyl (C=O) groups is 2. The Morgan fingerprint density at radius 3 is 2.60 bits per heavy atom. The van der Waals surface area contributed by atoms with Gasteiger partial charge in [-0.25, -0.2) is 0 Å². The van der Waals surface area contributed by atoms with E-state index < -0.39 is 6.04 Å². The number of benzene rings is 1. The zero-order chi connectivity index (χ0) is 17.5. The van der Waals surface area contributed by atoms with Crippen LogP contribution in [0.3, 0.4) is 0 Å². The maximum absolute atomic E-state index is 11.9. The van der Waals surface area contributed by atoms with Crippen molar-refractivity contribution in [2.24, 2.45) is 5.73 Å². The first-order chi connectivity index (χ1) is 11.5. The molecule has 9 heteroatoms. The fourth-order valence-corrected chi connectivity index (χ4v) is 2.00. The smallest absolute Gasteiger partial charge is 0.258 e. The molecule has 2 rings (SSSR count). The van der Waals surface area contributed by atoms with Gasteiger partial charge in [0.25, 0.3) is 5.91 Å². The lowest BCUT2D eigenvalue weighted by Gasteiger charge is -2.14. The molecule has 1 aromatic carbocycles. The van der Waals surface area contributed by atoms with Crippen molar-refractivity contribution in [2.45, 2.75) is 24.9 Å². The van der Waals surface area contributed by atoms with Gasteiger partial charge in [0, 0.05) is 24.9 Å². The predicted octanol–water partition coefficient (Wildman–Crippen LogP) is 0.687. The van der Waals surface area contributed by atoms with Crippen molar-refractivity contribution < 1.29 is 23.8 Å². The van der Waals surface area contributed by atoms with E-state index in [0.29, 0.717) is 17.2 Å². The summed E-state index contributed by atoms with van der Waals surface area (Å²) in [5, 5.41) is 5.50. The van der Waals surface area contributed by atoms with Crippen LogP contribution in [-0.4, -0.2) is 51.3 Å². The number of carbonyl (C=O) groups excluding carboxylic acids is 2. The Morgan fingerprint density at radius 2 is 2.00 bits per heavy atom. The molecule has 0 saturated heterocycles. The number of halogens is 1. The van der Waals surface area contributed by atoms with Gasteiger partial charge in [0.2, 0.25) is 5.91 Å². The number of nitrogens with one attached hydrogen (secondary N) is 2. The molecule has 0 radical (unpaired) electrons. The highest BCUT2D eigenvalue weighted by molar-refractivity contribution is 5.95. The molecule has 0 bridgehead atoms. The Morgan fingerprint density at radius 1 is 1.28 bits per heavy atom. The molecular weight excluding hydrogens is 350 g/mol. The molecule has 1 aliphatic carbocycles. The summed E-state index contributed by atoms with van der Waals surface area (Å²) in [5.74, 6) is 0.269. The second kappa shape index (κ2) is 10.1. The van der Waals surface area contributed by atoms with Crippen molar-refractivity contribution in [2.75, 3.05) is 32.8 Å². The fraction of sp³-hybridized carbons (Fsp3) is 0.500. The van der Waals surface area contributed by atoms with Crippen molar-refractivity contribution in [3.8, 4) is 11.5 Å². The summed E-state index contributed by atoms with van der Waals surface area (Å²) in [5.41, 5.74) is 6.17. The molecule has 140 valence electrons. The van der Waals surface area contributed by atoms with E-state index in [0.717, 1.165) is 12.8 Å². The average molecular weight is 374 g/mol. The van der Waals surface area contributed by atoms with Gasteiger partial charge in [0.15, 0.2) is 18.1 Å². The molecule has 1 aliphatic rings. The van der Waals surface area contributed by atoms with Crippen molar-refractivity contribution in [3.63, 3.8) is 0 Å². The number of hydrogen-bond acceptors (Lipinski definition) is 6. The second-order valence-electron chi connectivity index (χ2n) is 5.55. The van der Waals surface area contributed by atoms with Crippen LogP contribution in [0.4, 0.5) is 5.69 Å². The van der Waals surface area contributed by atoms with E-state index in [1.807, 2.05) is 0 Å². The Labute approximate surface area is 152 Å². The van der Waals surface area contributed by atoms with Gasteiger partial charge >= 0.3 is 0 Å². The molecule has 0 spiro atoms. The van der Waals surface area contributed by atoms with E-state index in [4.69, 9.17) is 19.9 Å². The van der Waals surface area contributed by atoms with Gasteiger partial charge in [0.05, 0.1) is 13.7 Å². The molecule has 1 fully saturated rings. The zero-order valence-corrected chi connectivity index (χ0v) is 15.1. The molecule has 0 aromatic heterocycles. The summed E-state index contributed by atoms with van der Waals surface area (Å²) in [4.78, 5) is 23.6. The third-order valence-corrected chi connectivity index (χ3v) is 3.42. The summed E-state index contributed by atoms with van der Waals surface area (Å²) in [6, 6.07) is 4.39. The molecule has 2 amide bonds. The highest BCUT2D eigenvalue weighted by atomic mass is 35.5. The lowest BCUT2D eigenvalue weighted by atomic mass is 10.2. The van der Waals surface area contributed by atoms with E-state index in [-0.39, 0.29) is 43.5 Å². The van der Waals surface area contributed by atoms with Crippen LogP contribution in [0.25, 0.3) is 0 Å². The SMILES string of the molecule is COCC(N)C(=O)Nc1ccc(OC)c(OCC(=O)NC2CC2)c1.Cl. The number of ether oxygens (including phenoxy) is 3. The summed E-state index contributed by atoms with van der Waals surface area (Å²) in [6.45, 7) is 0.000130. The summed E-state index contributed by atoms with van der Waals surface area (Å²) in [7, 11) is 2.97. The van der Waals surface area contributed by atoms with Gasteiger partial charge in [-0.3, -0.25) is 9.59 Å². The van der Waals surface area contributed by atoms with Gasteiger partial charge < -0.3 is 30.6 Å². The number of anilines is 1. The van der Waals surface area contributed by atoms with Crippen molar-refractivity contribution >= 4 is 29.9 Å². The van der Waals surface area contributed by atoms with Crippen LogP contribution < -0.4 is 25.8 Å². The number of amides is 2. The van der Waals surface area contributed by atoms with E-state index in [1.165, 1.54) is 14.2 Å². The lowest BCUT2D eigenvalue weighted by molar-refractivity contribution is -0.123. The van der Waals surface area contributed by atoms with Gasteiger partial charge in [-0.15, -0.1) is 12.4 Å². The van der Waals surface area contributed by atoms with E-state index in [9.17, 15) is 9.59 Å². The summed E-state index contributed by atoms with van der Waals surface area (Å²) < 4.78 is 15.6. The molecule has 0 aliphatic heterocycles. The van der Waals surface area contributed by atoms with E-state index in [1.54, 1.807) is 18.2 Å². The first-order valence-electron chi connectivity index (χ1n) is 7.69. The van der Waals surface area contributed by atoms with Gasteiger partial charge in [0.1, 0.15) is 6.04 Å². The lowest BCUT2D eigenvalue weighted by Crippen LogP contribution is -2.39. The quantitative estimate of drug-likeness (QED) is 0.587. The van der Waals surface area contributed by atoms with Crippen molar-refractivity contribution in [1.82, 2.24) is 5.32 Å². The maximum atomic E-state index is 11.9. The molecule has 4 N–H and O–H groups in total. The number of hydrogen-bond donors (Lipinski definition) is 3. The minimum Gasteiger partial charge on any atom is -0.493 e. The van der Waals surface area contributed by atoms with Crippen LogP contribution in [0.5, 0.6) is 11.5 Å². The fourth-order valence-electron chi connectivity index (χ4n) is 2.00. The molecule has 8 nitrogen and oxygen atoms in total. The van der Waals surface area contributed by atoms with Crippen molar-refractivity contribution in [3.05, 3.63) is 18.2 Å². The molecule has 0 heterocycles. The number of rotatable bonds is 9. The Balaban J connectivity index is 0.00000312. The topological polar surface area (TPSA) is 112 Å². The second-order valence-corrected chi connectivity index (χ2v) is 5.55. The van der Waals surface area contributed by atoms with Gasteiger partial charge in [-0.2, -0.15) is 0 Å². The molecule has 1 saturated carbocycles. The highest BCUT2D eigenvalue weighted by Crippen LogP contribution is 2.30. The molecule has 25 heavy (non-hydrogen) atoms. The van der Waals surface area contributed by atoms with E-state index >= 15 is 0 Å². The first-order valence-corrected chi connectivity index (χ1v) is 7.69. The monoisotopic (exact) mass is 373 g/mol. The number of nitrogens with two attached hydrogens (primary N) is 1. The normalized spacial score (nSPS) is 14.0. The zero-order valence-electron chi connectivity index (χ0n) is 14.2. The highest BCUT2D eigenvalue weighted by Gasteiger charge is 2.23. The largest absolute Gasteiger partial charge is 0.493 e. The number of methoxy groups -OCH3 is 2. The molecule has 1 aromatic rings. The summed E-state index contributed by atoms with van der Waals surface area (Å²) in [6.07, 6.45) is 2.02. The minimum absolute atomic E-state index is 0. The molecule has 1 unspecified atom stereocenters. The van der Waals surface area contributed by atoms with Crippen molar-refractivity contribution in [1.29, 1.82) is 0 Å². The Bertz CT molecular complexity index is 595. The maximum Gasteiger partial charge on any atom is 0.258 e. The van der Waals surface area contributed by atoms with Gasteiger partial charge in [-0.1, -0.05) is 0 Å². The van der Waals surface area contributed by atoms with Crippen LogP contribution in [-0.2, 0) is 14.3 Å².